The summed E-state index contributed by atoms with van der Waals surface area (Å²) in [6.07, 6.45) is -0.525. The molecule has 0 bridgehead atoms. The molecule has 4 atom stereocenters. The lowest BCUT2D eigenvalue weighted by Gasteiger charge is -2.40. The standard InChI is InChI=1S/C24H34N2O9/c1-4-34-13-19(29)26(6-8-32-2)17-11-16(24(31)25-5-7-27)20-15-9-14(12-28)10-18(33-3)22(15)35-23(20)21(17)30/h9-11,17,20-21,23,27-28,30H,4-8,12-13H2,1-3H3,(H,25,31). The van der Waals surface area contributed by atoms with Gasteiger partial charge in [0.25, 0.3) is 0 Å². The van der Waals surface area contributed by atoms with Gasteiger partial charge in [0.1, 0.15) is 18.8 Å². The number of aliphatic hydroxyl groups is 3. The Morgan fingerprint density at radius 3 is 2.63 bits per heavy atom. The Balaban J connectivity index is 2.09. The SMILES string of the molecule is CCOCC(=O)N(CCOC)C1C=C(C(=O)NCCO)C2c3cc(CO)cc(OC)c3OC2C1O. The first-order chi connectivity index (χ1) is 16.9. The van der Waals surface area contributed by atoms with Crippen molar-refractivity contribution in [3.05, 3.63) is 34.9 Å². The van der Waals surface area contributed by atoms with Gasteiger partial charge in [0, 0.05) is 37.9 Å². The maximum absolute atomic E-state index is 13.2. The van der Waals surface area contributed by atoms with E-state index >= 15 is 0 Å². The molecule has 1 aromatic carbocycles. The van der Waals surface area contributed by atoms with E-state index in [1.165, 1.54) is 19.1 Å². The summed E-state index contributed by atoms with van der Waals surface area (Å²) in [5.74, 6) is -0.775. The lowest BCUT2D eigenvalue weighted by Crippen LogP contribution is -2.57. The Bertz CT molecular complexity index is 936. The van der Waals surface area contributed by atoms with Crippen LogP contribution in [0.15, 0.2) is 23.8 Å². The zero-order valence-electron chi connectivity index (χ0n) is 20.2. The summed E-state index contributed by atoms with van der Waals surface area (Å²) in [5.41, 5.74) is 1.43. The number of amides is 2. The number of hydrogen-bond donors (Lipinski definition) is 4. The maximum Gasteiger partial charge on any atom is 0.249 e. The summed E-state index contributed by atoms with van der Waals surface area (Å²) in [5, 5.41) is 33.0. The third-order valence-corrected chi connectivity index (χ3v) is 6.14. The number of ether oxygens (including phenoxy) is 4. The van der Waals surface area contributed by atoms with Crippen LogP contribution in [0.5, 0.6) is 11.5 Å². The van der Waals surface area contributed by atoms with Gasteiger partial charge >= 0.3 is 0 Å². The van der Waals surface area contributed by atoms with Gasteiger partial charge in [-0.15, -0.1) is 0 Å². The summed E-state index contributed by atoms with van der Waals surface area (Å²) >= 11 is 0. The van der Waals surface area contributed by atoms with Crippen molar-refractivity contribution < 1.29 is 43.9 Å². The number of benzene rings is 1. The van der Waals surface area contributed by atoms with Crippen molar-refractivity contribution >= 4 is 11.8 Å². The summed E-state index contributed by atoms with van der Waals surface area (Å²) in [7, 11) is 2.97. The van der Waals surface area contributed by atoms with Crippen molar-refractivity contribution in [2.24, 2.45) is 0 Å². The Labute approximate surface area is 204 Å². The van der Waals surface area contributed by atoms with E-state index in [9.17, 15) is 24.9 Å². The minimum Gasteiger partial charge on any atom is -0.493 e. The van der Waals surface area contributed by atoms with Gasteiger partial charge < -0.3 is 44.5 Å². The second-order valence-electron chi connectivity index (χ2n) is 8.23. The molecule has 11 heteroatoms. The van der Waals surface area contributed by atoms with Crippen LogP contribution in [-0.2, 0) is 25.7 Å². The normalized spacial score (nSPS) is 22.5. The predicted octanol–water partition coefficient (Wildman–Crippen LogP) is -0.678. The predicted molar refractivity (Wildman–Crippen MR) is 124 cm³/mol. The minimum absolute atomic E-state index is 0.0329. The van der Waals surface area contributed by atoms with Gasteiger partial charge in [-0.2, -0.15) is 0 Å². The van der Waals surface area contributed by atoms with Gasteiger partial charge in [0.15, 0.2) is 11.5 Å². The summed E-state index contributed by atoms with van der Waals surface area (Å²) < 4.78 is 22.0. The Morgan fingerprint density at radius 1 is 1.23 bits per heavy atom. The molecule has 0 saturated heterocycles. The van der Waals surface area contributed by atoms with E-state index in [-0.39, 0.29) is 51.0 Å². The van der Waals surface area contributed by atoms with Gasteiger partial charge in [0.05, 0.1) is 38.9 Å². The van der Waals surface area contributed by atoms with E-state index in [4.69, 9.17) is 18.9 Å². The third kappa shape index (κ3) is 5.60. The monoisotopic (exact) mass is 494 g/mol. The zero-order chi connectivity index (χ0) is 25.5. The molecule has 1 aliphatic carbocycles. The van der Waals surface area contributed by atoms with Crippen LogP contribution in [0.1, 0.15) is 24.0 Å². The van der Waals surface area contributed by atoms with Crippen LogP contribution in [0.3, 0.4) is 0 Å². The molecule has 194 valence electrons. The van der Waals surface area contributed by atoms with Gasteiger partial charge in [-0.25, -0.2) is 0 Å². The molecule has 2 aliphatic rings. The van der Waals surface area contributed by atoms with Crippen molar-refractivity contribution in [1.29, 1.82) is 0 Å². The molecule has 11 nitrogen and oxygen atoms in total. The molecule has 35 heavy (non-hydrogen) atoms. The second kappa shape index (κ2) is 12.3. The van der Waals surface area contributed by atoms with Crippen molar-refractivity contribution in [2.45, 2.75) is 37.7 Å². The molecular formula is C24H34N2O9. The van der Waals surface area contributed by atoms with Crippen LogP contribution in [0.2, 0.25) is 0 Å². The van der Waals surface area contributed by atoms with Gasteiger partial charge in [-0.1, -0.05) is 0 Å². The molecule has 1 aliphatic heterocycles. The number of carbonyl (C=O) groups excluding carboxylic acids is 2. The molecule has 3 rings (SSSR count). The van der Waals surface area contributed by atoms with E-state index in [2.05, 4.69) is 5.32 Å². The van der Waals surface area contributed by atoms with Gasteiger partial charge in [0.2, 0.25) is 11.8 Å². The number of fused-ring (bicyclic) bond motifs is 3. The maximum atomic E-state index is 13.2. The van der Waals surface area contributed by atoms with Gasteiger partial charge in [-0.05, 0) is 30.7 Å². The average Bonchev–Trinajstić information content (AvgIpc) is 3.26. The minimum atomic E-state index is -1.19. The van der Waals surface area contributed by atoms with Crippen LogP contribution in [-0.4, -0.2) is 104 Å². The fourth-order valence-corrected chi connectivity index (χ4v) is 4.52. The highest BCUT2D eigenvalue weighted by Crippen LogP contribution is 2.51. The molecule has 1 heterocycles. The Morgan fingerprint density at radius 2 is 2.00 bits per heavy atom. The van der Waals surface area contributed by atoms with Crippen molar-refractivity contribution in [3.63, 3.8) is 0 Å². The molecule has 4 unspecified atom stereocenters. The fraction of sp³-hybridized carbons (Fsp3) is 0.583. The first-order valence-electron chi connectivity index (χ1n) is 11.5. The lowest BCUT2D eigenvalue weighted by atomic mass is 9.77. The molecule has 1 aromatic rings. The first-order valence-corrected chi connectivity index (χ1v) is 11.5. The number of rotatable bonds is 12. The second-order valence-corrected chi connectivity index (χ2v) is 8.23. The molecule has 0 fully saturated rings. The molecule has 4 N–H and O–H groups in total. The molecule has 0 aromatic heterocycles. The lowest BCUT2D eigenvalue weighted by molar-refractivity contribution is -0.142. The van der Waals surface area contributed by atoms with Crippen molar-refractivity contribution in [3.8, 4) is 11.5 Å². The smallest absolute Gasteiger partial charge is 0.249 e. The van der Waals surface area contributed by atoms with Crippen molar-refractivity contribution in [1.82, 2.24) is 10.2 Å². The summed E-state index contributed by atoms with van der Waals surface area (Å²) in [6.45, 7) is 1.83. The quantitative estimate of drug-likeness (QED) is 0.297. The molecule has 0 saturated carbocycles. The number of hydrogen-bond acceptors (Lipinski definition) is 9. The Kier molecular flexibility index (Phi) is 9.47. The van der Waals surface area contributed by atoms with E-state index in [0.29, 0.717) is 29.2 Å². The number of aliphatic hydroxyl groups excluding tert-OH is 3. The first kappa shape index (κ1) is 26.9. The van der Waals surface area contributed by atoms with E-state index in [1.807, 2.05) is 0 Å². The summed E-state index contributed by atoms with van der Waals surface area (Å²) in [4.78, 5) is 27.6. The zero-order valence-corrected chi connectivity index (χ0v) is 20.2. The number of carbonyl (C=O) groups is 2. The van der Waals surface area contributed by atoms with E-state index in [1.54, 1.807) is 25.1 Å². The largest absolute Gasteiger partial charge is 0.493 e. The molecular weight excluding hydrogens is 460 g/mol. The third-order valence-electron chi connectivity index (χ3n) is 6.14. The number of methoxy groups -OCH3 is 2. The average molecular weight is 495 g/mol. The fourth-order valence-electron chi connectivity index (χ4n) is 4.52. The van der Waals surface area contributed by atoms with Gasteiger partial charge in [-0.3, -0.25) is 9.59 Å². The highest BCUT2D eigenvalue weighted by atomic mass is 16.5. The van der Waals surface area contributed by atoms with E-state index < -0.39 is 30.1 Å². The number of nitrogens with zero attached hydrogens (tertiary/aromatic N) is 1. The number of nitrogens with one attached hydrogen (secondary N) is 1. The van der Waals surface area contributed by atoms with Crippen LogP contribution in [0.25, 0.3) is 0 Å². The highest BCUT2D eigenvalue weighted by Gasteiger charge is 2.51. The van der Waals surface area contributed by atoms with Crippen LogP contribution in [0, 0.1) is 0 Å². The summed E-state index contributed by atoms with van der Waals surface area (Å²) in [6, 6.07) is 2.45. The van der Waals surface area contributed by atoms with Crippen molar-refractivity contribution in [2.75, 3.05) is 53.7 Å². The highest BCUT2D eigenvalue weighted by molar-refractivity contribution is 5.96. The molecule has 2 amide bonds. The van der Waals surface area contributed by atoms with Crippen LogP contribution < -0.4 is 14.8 Å². The van der Waals surface area contributed by atoms with Crippen LogP contribution >= 0.6 is 0 Å². The Hall–Kier alpha value is -2.70. The topological polar surface area (TPSA) is 147 Å². The van der Waals surface area contributed by atoms with E-state index in [0.717, 1.165) is 0 Å². The molecule has 0 spiro atoms. The van der Waals surface area contributed by atoms with Crippen LogP contribution in [0.4, 0.5) is 0 Å². The molecule has 0 radical (unpaired) electrons.